The van der Waals surface area contributed by atoms with Crippen molar-refractivity contribution in [1.82, 2.24) is 35.4 Å². The van der Waals surface area contributed by atoms with Crippen LogP contribution in [0.25, 0.3) is 0 Å². The van der Waals surface area contributed by atoms with Gasteiger partial charge in [-0.15, -0.1) is 10.2 Å². The SMILES string of the molecule is CN1C=C(NC(=O)c2nc(Sc3nnc[nH]3)ccc2Sc2cccnc2)SC1. The Morgan fingerprint density at radius 2 is 2.25 bits per heavy atom. The van der Waals surface area contributed by atoms with Crippen molar-refractivity contribution in [3.63, 3.8) is 0 Å². The van der Waals surface area contributed by atoms with E-state index in [0.29, 0.717) is 15.9 Å². The van der Waals surface area contributed by atoms with Gasteiger partial charge < -0.3 is 15.2 Å². The molecule has 0 saturated heterocycles. The largest absolute Gasteiger partial charge is 0.369 e. The zero-order valence-corrected chi connectivity index (χ0v) is 17.1. The fraction of sp³-hybridized carbons (Fsp3) is 0.118. The third-order valence-corrected chi connectivity index (χ3v) is 6.41. The molecule has 0 spiro atoms. The number of aromatic amines is 1. The quantitative estimate of drug-likeness (QED) is 0.612. The van der Waals surface area contributed by atoms with E-state index in [-0.39, 0.29) is 5.91 Å². The summed E-state index contributed by atoms with van der Waals surface area (Å²) < 4.78 is 0. The lowest BCUT2D eigenvalue weighted by Crippen LogP contribution is -2.23. The summed E-state index contributed by atoms with van der Waals surface area (Å²) in [6, 6.07) is 7.56. The Hall–Kier alpha value is -2.50. The Labute approximate surface area is 174 Å². The third kappa shape index (κ3) is 4.66. The van der Waals surface area contributed by atoms with E-state index in [1.165, 1.54) is 29.9 Å². The normalized spacial score (nSPS) is 13.5. The van der Waals surface area contributed by atoms with Gasteiger partial charge >= 0.3 is 0 Å². The van der Waals surface area contributed by atoms with Gasteiger partial charge in [-0.2, -0.15) is 0 Å². The monoisotopic (exact) mass is 429 g/mol. The zero-order chi connectivity index (χ0) is 19.3. The van der Waals surface area contributed by atoms with E-state index in [9.17, 15) is 4.79 Å². The van der Waals surface area contributed by atoms with Crippen LogP contribution in [0.3, 0.4) is 0 Å². The Bertz CT molecular complexity index is 995. The minimum absolute atomic E-state index is 0.250. The van der Waals surface area contributed by atoms with Gasteiger partial charge in [0, 0.05) is 35.4 Å². The van der Waals surface area contributed by atoms with Crippen LogP contribution >= 0.6 is 35.3 Å². The molecule has 3 aromatic rings. The van der Waals surface area contributed by atoms with Gasteiger partial charge in [-0.3, -0.25) is 9.78 Å². The van der Waals surface area contributed by atoms with Crippen LogP contribution in [-0.4, -0.2) is 48.9 Å². The van der Waals surface area contributed by atoms with Gasteiger partial charge in [0.2, 0.25) is 0 Å². The molecule has 0 saturated carbocycles. The maximum atomic E-state index is 13.0. The summed E-state index contributed by atoms with van der Waals surface area (Å²) in [4.78, 5) is 28.3. The highest BCUT2D eigenvalue weighted by Crippen LogP contribution is 2.32. The number of hydrogen-bond acceptors (Lipinski definition) is 9. The summed E-state index contributed by atoms with van der Waals surface area (Å²) in [7, 11) is 1.96. The number of carbonyl (C=O) groups is 1. The van der Waals surface area contributed by atoms with E-state index >= 15 is 0 Å². The molecule has 1 aliphatic rings. The molecule has 0 atom stereocenters. The van der Waals surface area contributed by atoms with Gasteiger partial charge in [0.1, 0.15) is 17.0 Å². The summed E-state index contributed by atoms with van der Waals surface area (Å²) in [6.07, 6.45) is 6.88. The molecule has 0 aliphatic carbocycles. The molecule has 0 aromatic carbocycles. The number of rotatable bonds is 6. The van der Waals surface area contributed by atoms with Crippen molar-refractivity contribution in [3.05, 3.63) is 59.9 Å². The number of H-pyrrole nitrogens is 1. The molecular formula is C17H15N7OS3. The molecule has 11 heteroatoms. The van der Waals surface area contributed by atoms with Crippen LogP contribution in [0.4, 0.5) is 0 Å². The van der Waals surface area contributed by atoms with Crippen molar-refractivity contribution < 1.29 is 4.79 Å². The average Bonchev–Trinajstić information content (AvgIpc) is 3.35. The average molecular weight is 430 g/mol. The summed E-state index contributed by atoms with van der Waals surface area (Å²) in [6.45, 7) is 0. The molecule has 28 heavy (non-hydrogen) atoms. The number of nitrogens with zero attached hydrogens (tertiary/aromatic N) is 5. The van der Waals surface area contributed by atoms with Crippen molar-refractivity contribution in [2.45, 2.75) is 20.0 Å². The van der Waals surface area contributed by atoms with Crippen LogP contribution in [0.15, 0.2) is 74.2 Å². The van der Waals surface area contributed by atoms with Gasteiger partial charge in [-0.1, -0.05) is 23.5 Å². The van der Waals surface area contributed by atoms with Crippen LogP contribution in [0.2, 0.25) is 0 Å². The number of amides is 1. The minimum Gasteiger partial charge on any atom is -0.369 e. The Morgan fingerprint density at radius 1 is 1.32 bits per heavy atom. The summed E-state index contributed by atoms with van der Waals surface area (Å²) in [5.41, 5.74) is 0.356. The lowest BCUT2D eigenvalue weighted by Gasteiger charge is -2.10. The van der Waals surface area contributed by atoms with E-state index < -0.39 is 0 Å². The van der Waals surface area contributed by atoms with Crippen molar-refractivity contribution in [2.75, 3.05) is 12.9 Å². The van der Waals surface area contributed by atoms with Crippen LogP contribution in [0, 0.1) is 0 Å². The highest BCUT2D eigenvalue weighted by Gasteiger charge is 2.20. The van der Waals surface area contributed by atoms with Gasteiger partial charge in [-0.25, -0.2) is 4.98 Å². The lowest BCUT2D eigenvalue weighted by atomic mass is 10.3. The third-order valence-electron chi connectivity index (χ3n) is 3.50. The number of pyridine rings is 2. The minimum atomic E-state index is -0.250. The van der Waals surface area contributed by atoms with Gasteiger partial charge in [0.25, 0.3) is 5.91 Å². The molecule has 0 fully saturated rings. The second-order valence-electron chi connectivity index (χ2n) is 5.66. The zero-order valence-electron chi connectivity index (χ0n) is 14.7. The summed E-state index contributed by atoms with van der Waals surface area (Å²) in [5, 5.41) is 12.7. The molecule has 3 aromatic heterocycles. The molecule has 8 nitrogen and oxygen atoms in total. The van der Waals surface area contributed by atoms with E-state index in [0.717, 1.165) is 20.7 Å². The fourth-order valence-corrected chi connectivity index (χ4v) is 4.69. The van der Waals surface area contributed by atoms with Crippen molar-refractivity contribution in [3.8, 4) is 0 Å². The topological polar surface area (TPSA) is 99.7 Å². The molecule has 1 aliphatic heterocycles. The van der Waals surface area contributed by atoms with Crippen LogP contribution in [0.5, 0.6) is 0 Å². The van der Waals surface area contributed by atoms with E-state index in [1.807, 2.05) is 42.4 Å². The molecular weight excluding hydrogens is 414 g/mol. The Morgan fingerprint density at radius 3 is 2.96 bits per heavy atom. The molecule has 0 bridgehead atoms. The van der Waals surface area contributed by atoms with Gasteiger partial charge in [0.15, 0.2) is 5.16 Å². The van der Waals surface area contributed by atoms with Crippen LogP contribution < -0.4 is 5.32 Å². The van der Waals surface area contributed by atoms with Gasteiger partial charge in [-0.05, 0) is 36.0 Å². The predicted octanol–water partition coefficient (Wildman–Crippen LogP) is 3.06. The molecule has 2 N–H and O–H groups in total. The maximum Gasteiger partial charge on any atom is 0.275 e. The number of aromatic nitrogens is 5. The van der Waals surface area contributed by atoms with Crippen molar-refractivity contribution in [1.29, 1.82) is 0 Å². The second-order valence-corrected chi connectivity index (χ2v) is 8.77. The van der Waals surface area contributed by atoms with Crippen molar-refractivity contribution >= 4 is 41.2 Å². The van der Waals surface area contributed by atoms with E-state index in [2.05, 4.69) is 30.5 Å². The molecule has 142 valence electrons. The van der Waals surface area contributed by atoms with E-state index in [1.54, 1.807) is 24.2 Å². The summed E-state index contributed by atoms with van der Waals surface area (Å²) in [5.74, 6) is 0.558. The fourth-order valence-electron chi connectivity index (χ4n) is 2.29. The first-order valence-corrected chi connectivity index (χ1v) is 10.8. The molecule has 4 rings (SSSR count). The van der Waals surface area contributed by atoms with Gasteiger partial charge in [0.05, 0.1) is 10.9 Å². The number of hydrogen-bond donors (Lipinski definition) is 2. The number of carbonyl (C=O) groups excluding carboxylic acids is 1. The summed E-state index contributed by atoms with van der Waals surface area (Å²) >= 11 is 4.34. The van der Waals surface area contributed by atoms with E-state index in [4.69, 9.17) is 0 Å². The van der Waals surface area contributed by atoms with Crippen LogP contribution in [0.1, 0.15) is 10.5 Å². The molecule has 1 amide bonds. The maximum absolute atomic E-state index is 13.0. The predicted molar refractivity (Wildman–Crippen MR) is 109 cm³/mol. The number of thioether (sulfide) groups is 1. The first-order chi connectivity index (χ1) is 13.7. The lowest BCUT2D eigenvalue weighted by molar-refractivity contribution is 0.0960. The molecule has 4 heterocycles. The smallest absolute Gasteiger partial charge is 0.275 e. The Balaban J connectivity index is 1.62. The first-order valence-electron chi connectivity index (χ1n) is 8.16. The standard InChI is InChI=1S/C17H15N7OS3/c1-24-8-14(26-10-24)22-16(25)15-12(27-11-3-2-6-18-7-11)4-5-13(21-15)28-17-19-9-20-23-17/h2-9H,10H2,1H3,(H,22,25)(H,19,20,23). The second kappa shape index (κ2) is 8.67. The highest BCUT2D eigenvalue weighted by molar-refractivity contribution is 8.03. The molecule has 0 radical (unpaired) electrons. The number of nitrogens with one attached hydrogen (secondary N) is 2. The van der Waals surface area contributed by atoms with Crippen molar-refractivity contribution in [2.24, 2.45) is 0 Å². The molecule has 0 unspecified atom stereocenters. The first kappa shape index (κ1) is 18.8. The Kier molecular flexibility index (Phi) is 5.84. The highest BCUT2D eigenvalue weighted by atomic mass is 32.2. The van der Waals surface area contributed by atoms with Crippen LogP contribution in [-0.2, 0) is 0 Å².